The van der Waals surface area contributed by atoms with Crippen LogP contribution in [0.15, 0.2) is 48.7 Å². The van der Waals surface area contributed by atoms with E-state index < -0.39 is 0 Å². The number of rotatable bonds is 7. The standard InChI is InChI=1S/C21H21NO5/c1-24-16-7-5-6-13(8-16)15-9-17(22-12-15)20(23)14-10-18(25-2)21(27-4)19(11-14)26-3/h5-12,22H,1-4H3. The number of aromatic nitrogens is 1. The molecule has 140 valence electrons. The van der Waals surface area contributed by atoms with Gasteiger partial charge < -0.3 is 23.9 Å². The molecule has 0 aliphatic heterocycles. The molecule has 0 aliphatic rings. The first-order valence-electron chi connectivity index (χ1n) is 8.28. The van der Waals surface area contributed by atoms with Crippen molar-refractivity contribution in [3.05, 3.63) is 59.9 Å². The van der Waals surface area contributed by atoms with E-state index in [2.05, 4.69) is 4.98 Å². The second-order valence-corrected chi connectivity index (χ2v) is 5.78. The summed E-state index contributed by atoms with van der Waals surface area (Å²) in [7, 11) is 6.17. The van der Waals surface area contributed by atoms with Crippen LogP contribution in [-0.4, -0.2) is 39.2 Å². The molecule has 0 unspecified atom stereocenters. The highest BCUT2D eigenvalue weighted by Crippen LogP contribution is 2.38. The Morgan fingerprint density at radius 2 is 1.52 bits per heavy atom. The van der Waals surface area contributed by atoms with Gasteiger partial charge in [0.15, 0.2) is 11.5 Å². The highest BCUT2D eigenvalue weighted by Gasteiger charge is 2.19. The number of benzene rings is 2. The van der Waals surface area contributed by atoms with Gasteiger partial charge in [-0.1, -0.05) is 12.1 Å². The number of nitrogens with one attached hydrogen (secondary N) is 1. The fraction of sp³-hybridized carbons (Fsp3) is 0.190. The van der Waals surface area contributed by atoms with Crippen molar-refractivity contribution in [2.24, 2.45) is 0 Å². The Morgan fingerprint density at radius 1 is 0.815 bits per heavy atom. The summed E-state index contributed by atoms with van der Waals surface area (Å²) in [5.74, 6) is 1.88. The number of hydrogen-bond acceptors (Lipinski definition) is 5. The van der Waals surface area contributed by atoms with E-state index in [0.29, 0.717) is 28.5 Å². The van der Waals surface area contributed by atoms with Crippen LogP contribution in [0.4, 0.5) is 0 Å². The van der Waals surface area contributed by atoms with Crippen molar-refractivity contribution < 1.29 is 23.7 Å². The number of hydrogen-bond donors (Lipinski definition) is 1. The van der Waals surface area contributed by atoms with Crippen molar-refractivity contribution in [3.63, 3.8) is 0 Å². The maximum absolute atomic E-state index is 12.9. The molecule has 0 atom stereocenters. The first kappa shape index (κ1) is 18.4. The molecular formula is C21H21NO5. The summed E-state index contributed by atoms with van der Waals surface area (Å²) in [6, 6.07) is 12.7. The maximum atomic E-state index is 12.9. The van der Waals surface area contributed by atoms with E-state index in [-0.39, 0.29) is 5.78 Å². The molecule has 0 amide bonds. The van der Waals surface area contributed by atoms with Crippen LogP contribution in [0.3, 0.4) is 0 Å². The van der Waals surface area contributed by atoms with Gasteiger partial charge in [-0.25, -0.2) is 0 Å². The average Bonchev–Trinajstić information content (AvgIpc) is 3.22. The average molecular weight is 367 g/mol. The van der Waals surface area contributed by atoms with E-state index >= 15 is 0 Å². The third-order valence-electron chi connectivity index (χ3n) is 4.26. The molecule has 27 heavy (non-hydrogen) atoms. The van der Waals surface area contributed by atoms with Crippen molar-refractivity contribution in [2.75, 3.05) is 28.4 Å². The molecule has 0 fully saturated rings. The molecule has 0 aliphatic carbocycles. The van der Waals surface area contributed by atoms with Crippen LogP contribution >= 0.6 is 0 Å². The first-order chi connectivity index (χ1) is 13.1. The summed E-state index contributed by atoms with van der Waals surface area (Å²) in [6.07, 6.45) is 1.79. The highest BCUT2D eigenvalue weighted by atomic mass is 16.5. The van der Waals surface area contributed by atoms with E-state index in [1.165, 1.54) is 21.3 Å². The SMILES string of the molecule is COc1cccc(-c2c[nH]c(C(=O)c3cc(OC)c(OC)c(OC)c3)c2)c1. The fourth-order valence-corrected chi connectivity index (χ4v) is 2.86. The lowest BCUT2D eigenvalue weighted by atomic mass is 10.0. The normalized spacial score (nSPS) is 10.4. The Labute approximate surface area is 157 Å². The molecule has 2 aromatic carbocycles. The quantitative estimate of drug-likeness (QED) is 0.641. The zero-order valence-corrected chi connectivity index (χ0v) is 15.7. The molecule has 0 spiro atoms. The van der Waals surface area contributed by atoms with Crippen LogP contribution < -0.4 is 18.9 Å². The zero-order chi connectivity index (χ0) is 19.4. The lowest BCUT2D eigenvalue weighted by Crippen LogP contribution is -2.04. The van der Waals surface area contributed by atoms with Crippen molar-refractivity contribution in [1.82, 2.24) is 4.98 Å². The van der Waals surface area contributed by atoms with Gasteiger partial charge in [0.1, 0.15) is 5.75 Å². The molecule has 0 radical (unpaired) electrons. The summed E-state index contributed by atoms with van der Waals surface area (Å²) in [5, 5.41) is 0. The van der Waals surface area contributed by atoms with E-state index in [0.717, 1.165) is 16.9 Å². The molecule has 6 heteroatoms. The largest absolute Gasteiger partial charge is 0.497 e. The molecule has 1 N–H and O–H groups in total. The summed E-state index contributed by atoms with van der Waals surface area (Å²) in [4.78, 5) is 16.0. The summed E-state index contributed by atoms with van der Waals surface area (Å²) in [6.45, 7) is 0. The van der Waals surface area contributed by atoms with Crippen LogP contribution in [0.1, 0.15) is 16.1 Å². The van der Waals surface area contributed by atoms with Gasteiger partial charge in [0.05, 0.1) is 34.1 Å². The molecule has 1 aromatic heterocycles. The third kappa shape index (κ3) is 3.60. The molecule has 1 heterocycles. The smallest absolute Gasteiger partial charge is 0.209 e. The van der Waals surface area contributed by atoms with Crippen molar-refractivity contribution >= 4 is 5.78 Å². The van der Waals surface area contributed by atoms with Crippen LogP contribution in [0.2, 0.25) is 0 Å². The predicted molar refractivity (Wildman–Crippen MR) is 102 cm³/mol. The number of ketones is 1. The summed E-state index contributed by atoms with van der Waals surface area (Å²) in [5.41, 5.74) is 2.74. The van der Waals surface area contributed by atoms with Gasteiger partial charge >= 0.3 is 0 Å². The number of carbonyl (C=O) groups is 1. The molecule has 6 nitrogen and oxygen atoms in total. The summed E-state index contributed by atoms with van der Waals surface area (Å²) >= 11 is 0. The van der Waals surface area contributed by atoms with Gasteiger partial charge in [0, 0.05) is 17.3 Å². The Balaban J connectivity index is 1.96. The second-order valence-electron chi connectivity index (χ2n) is 5.78. The van der Waals surface area contributed by atoms with Crippen molar-refractivity contribution in [1.29, 1.82) is 0 Å². The predicted octanol–water partition coefficient (Wildman–Crippen LogP) is 3.95. The van der Waals surface area contributed by atoms with E-state index in [1.807, 2.05) is 24.3 Å². The van der Waals surface area contributed by atoms with Crippen molar-refractivity contribution in [2.45, 2.75) is 0 Å². The van der Waals surface area contributed by atoms with Gasteiger partial charge in [-0.2, -0.15) is 0 Å². The number of ether oxygens (including phenoxy) is 4. The molecule has 0 saturated heterocycles. The number of methoxy groups -OCH3 is 4. The zero-order valence-electron chi connectivity index (χ0n) is 15.7. The first-order valence-corrected chi connectivity index (χ1v) is 8.28. The summed E-state index contributed by atoms with van der Waals surface area (Å²) < 4.78 is 21.2. The van der Waals surface area contributed by atoms with Crippen LogP contribution in [0, 0.1) is 0 Å². The minimum absolute atomic E-state index is 0.177. The maximum Gasteiger partial charge on any atom is 0.209 e. The number of carbonyl (C=O) groups excluding carboxylic acids is 1. The molecular weight excluding hydrogens is 346 g/mol. The van der Waals surface area contributed by atoms with Gasteiger partial charge in [0.2, 0.25) is 11.5 Å². The number of H-pyrrole nitrogens is 1. The van der Waals surface area contributed by atoms with Crippen LogP contribution in [0.25, 0.3) is 11.1 Å². The Kier molecular flexibility index (Phi) is 5.35. The van der Waals surface area contributed by atoms with Crippen LogP contribution in [0.5, 0.6) is 23.0 Å². The molecule has 3 aromatic rings. The fourth-order valence-electron chi connectivity index (χ4n) is 2.86. The Morgan fingerprint density at radius 3 is 2.11 bits per heavy atom. The van der Waals surface area contributed by atoms with Crippen molar-refractivity contribution in [3.8, 4) is 34.1 Å². The lowest BCUT2D eigenvalue weighted by Gasteiger charge is -2.13. The van der Waals surface area contributed by atoms with Gasteiger partial charge in [0.25, 0.3) is 0 Å². The minimum Gasteiger partial charge on any atom is -0.497 e. The Bertz CT molecular complexity index is 936. The second kappa shape index (κ2) is 7.86. The lowest BCUT2D eigenvalue weighted by molar-refractivity contribution is 0.103. The minimum atomic E-state index is -0.177. The van der Waals surface area contributed by atoms with E-state index in [1.54, 1.807) is 31.5 Å². The number of aromatic amines is 1. The molecule has 3 rings (SSSR count). The van der Waals surface area contributed by atoms with Crippen LogP contribution in [-0.2, 0) is 0 Å². The molecule has 0 saturated carbocycles. The molecule has 0 bridgehead atoms. The van der Waals surface area contributed by atoms with E-state index in [4.69, 9.17) is 18.9 Å². The van der Waals surface area contributed by atoms with Gasteiger partial charge in [-0.05, 0) is 35.9 Å². The van der Waals surface area contributed by atoms with Gasteiger partial charge in [-0.15, -0.1) is 0 Å². The highest BCUT2D eigenvalue weighted by molar-refractivity contribution is 6.09. The Hall–Kier alpha value is -3.41. The monoisotopic (exact) mass is 367 g/mol. The third-order valence-corrected chi connectivity index (χ3v) is 4.26. The van der Waals surface area contributed by atoms with E-state index in [9.17, 15) is 4.79 Å². The topological polar surface area (TPSA) is 69.8 Å². The van der Waals surface area contributed by atoms with Gasteiger partial charge in [-0.3, -0.25) is 4.79 Å².